The quantitative estimate of drug-likeness (QED) is 0.653. The molecule has 2 heterocycles. The van der Waals surface area contributed by atoms with E-state index < -0.39 is 0 Å². The molecule has 0 amide bonds. The minimum atomic E-state index is 0.571. The first kappa shape index (κ1) is 18.8. The van der Waals surface area contributed by atoms with Gasteiger partial charge >= 0.3 is 0 Å². The number of aliphatic imine (C=N–C) groups is 1. The Morgan fingerprint density at radius 1 is 1.19 bits per heavy atom. The van der Waals surface area contributed by atoms with Crippen LogP contribution in [0.15, 0.2) is 29.3 Å². The number of benzene rings is 1. The minimum absolute atomic E-state index is 0.571. The number of hydrogen-bond donors (Lipinski definition) is 1. The number of hydrogen-bond acceptors (Lipinski definition) is 3. The Kier molecular flexibility index (Phi) is 6.30. The highest BCUT2D eigenvalue weighted by Crippen LogP contribution is 2.31. The molecule has 4 rings (SSSR count). The van der Waals surface area contributed by atoms with Gasteiger partial charge in [-0.15, -0.1) is 0 Å². The molecule has 2 unspecified atom stereocenters. The third-order valence-corrected chi connectivity index (χ3v) is 6.31. The van der Waals surface area contributed by atoms with Gasteiger partial charge in [0.2, 0.25) is 0 Å². The van der Waals surface area contributed by atoms with Crippen molar-refractivity contribution >= 4 is 5.96 Å². The predicted molar refractivity (Wildman–Crippen MR) is 110 cm³/mol. The number of guanidine groups is 1. The maximum absolute atomic E-state index is 5.52. The maximum Gasteiger partial charge on any atom is 0.193 e. The van der Waals surface area contributed by atoms with Crippen molar-refractivity contribution < 1.29 is 4.74 Å². The van der Waals surface area contributed by atoms with Crippen LogP contribution < -0.4 is 5.32 Å². The summed E-state index contributed by atoms with van der Waals surface area (Å²) in [5, 5.41) is 3.54. The largest absolute Gasteiger partial charge is 0.379 e. The van der Waals surface area contributed by atoms with Crippen molar-refractivity contribution in [1.29, 1.82) is 0 Å². The first-order chi connectivity index (χ1) is 13.3. The molecule has 0 aromatic heterocycles. The van der Waals surface area contributed by atoms with Crippen LogP contribution in [0.4, 0.5) is 0 Å². The Morgan fingerprint density at radius 2 is 2.04 bits per heavy atom. The highest BCUT2D eigenvalue weighted by molar-refractivity contribution is 5.80. The van der Waals surface area contributed by atoms with Crippen LogP contribution in [0.25, 0.3) is 0 Å². The van der Waals surface area contributed by atoms with Gasteiger partial charge in [0, 0.05) is 51.2 Å². The molecular formula is C22H34N4O. The van der Waals surface area contributed by atoms with Crippen LogP contribution in [0.3, 0.4) is 0 Å². The molecule has 148 valence electrons. The van der Waals surface area contributed by atoms with Gasteiger partial charge in [0.15, 0.2) is 5.96 Å². The molecule has 5 nitrogen and oxygen atoms in total. The van der Waals surface area contributed by atoms with Gasteiger partial charge in [-0.1, -0.05) is 24.3 Å². The summed E-state index contributed by atoms with van der Waals surface area (Å²) in [5.74, 6) is 1.68. The highest BCUT2D eigenvalue weighted by Gasteiger charge is 2.30. The summed E-state index contributed by atoms with van der Waals surface area (Å²) in [6.07, 6.45) is 5.01. The van der Waals surface area contributed by atoms with Crippen LogP contribution >= 0.6 is 0 Å². The van der Waals surface area contributed by atoms with Crippen molar-refractivity contribution in [3.8, 4) is 0 Å². The fraction of sp³-hybridized carbons (Fsp3) is 0.682. The molecule has 3 aliphatic rings. The Morgan fingerprint density at radius 3 is 2.89 bits per heavy atom. The fourth-order valence-corrected chi connectivity index (χ4v) is 4.84. The predicted octanol–water partition coefficient (Wildman–Crippen LogP) is 2.48. The first-order valence-corrected chi connectivity index (χ1v) is 10.8. The Hall–Kier alpha value is -1.59. The van der Waals surface area contributed by atoms with Crippen LogP contribution in [0.5, 0.6) is 0 Å². The minimum Gasteiger partial charge on any atom is -0.379 e. The van der Waals surface area contributed by atoms with E-state index in [1.807, 2.05) is 0 Å². The van der Waals surface area contributed by atoms with Crippen molar-refractivity contribution in [3.05, 3.63) is 35.4 Å². The van der Waals surface area contributed by atoms with E-state index in [2.05, 4.69) is 46.3 Å². The van der Waals surface area contributed by atoms with E-state index in [9.17, 15) is 0 Å². The summed E-state index contributed by atoms with van der Waals surface area (Å²) in [4.78, 5) is 10.2. The van der Waals surface area contributed by atoms with Gasteiger partial charge in [-0.25, -0.2) is 0 Å². The van der Waals surface area contributed by atoms with Crippen LogP contribution in [0.2, 0.25) is 0 Å². The third kappa shape index (κ3) is 4.46. The van der Waals surface area contributed by atoms with E-state index in [1.165, 1.54) is 36.8 Å². The molecule has 2 atom stereocenters. The van der Waals surface area contributed by atoms with Crippen molar-refractivity contribution in [3.63, 3.8) is 0 Å². The number of nitrogens with one attached hydrogen (secondary N) is 1. The van der Waals surface area contributed by atoms with Crippen LogP contribution in [0, 0.1) is 0 Å². The Bertz CT molecular complexity index is 641. The van der Waals surface area contributed by atoms with E-state index in [0.717, 1.165) is 58.4 Å². The Balaban J connectivity index is 1.41. The smallest absolute Gasteiger partial charge is 0.193 e. The fourth-order valence-electron chi connectivity index (χ4n) is 4.84. The molecule has 0 bridgehead atoms. The molecule has 1 aliphatic carbocycles. The van der Waals surface area contributed by atoms with Gasteiger partial charge in [-0.3, -0.25) is 9.89 Å². The second-order valence-electron chi connectivity index (χ2n) is 8.02. The number of nitrogens with zero attached hydrogens (tertiary/aromatic N) is 3. The molecule has 1 aromatic carbocycles. The average Bonchev–Trinajstić information content (AvgIpc) is 3.22. The molecular weight excluding hydrogens is 336 g/mol. The highest BCUT2D eigenvalue weighted by atomic mass is 16.5. The van der Waals surface area contributed by atoms with Crippen molar-refractivity contribution in [2.45, 2.75) is 44.6 Å². The molecule has 0 saturated carbocycles. The van der Waals surface area contributed by atoms with Gasteiger partial charge in [-0.2, -0.15) is 0 Å². The molecule has 0 spiro atoms. The van der Waals surface area contributed by atoms with Crippen LogP contribution in [-0.2, 0) is 11.2 Å². The third-order valence-electron chi connectivity index (χ3n) is 6.31. The zero-order chi connectivity index (χ0) is 18.5. The second-order valence-corrected chi connectivity index (χ2v) is 8.02. The molecule has 2 fully saturated rings. The number of ether oxygens (including phenoxy) is 1. The van der Waals surface area contributed by atoms with Gasteiger partial charge in [0.05, 0.1) is 13.2 Å². The first-order valence-electron chi connectivity index (χ1n) is 10.8. The van der Waals surface area contributed by atoms with E-state index in [4.69, 9.17) is 9.73 Å². The zero-order valence-corrected chi connectivity index (χ0v) is 16.7. The standard InChI is InChI=1S/C22H34N4O/c1-2-23-22(26-11-10-20(17-26)25-12-14-27-15-13-25)24-16-19-8-5-7-18-6-3-4-9-21(18)19/h3-4,6,9,19-20H,2,5,7-8,10-17H2,1H3,(H,23,24). The van der Waals surface area contributed by atoms with Gasteiger partial charge in [-0.05, 0) is 43.7 Å². The number of aryl methyl sites for hydroxylation is 1. The second kappa shape index (κ2) is 9.07. The molecule has 1 N–H and O–H groups in total. The average molecular weight is 371 g/mol. The van der Waals surface area contributed by atoms with E-state index in [1.54, 1.807) is 0 Å². The summed E-state index contributed by atoms with van der Waals surface area (Å²) in [6.45, 7) is 10.1. The lowest BCUT2D eigenvalue weighted by Gasteiger charge is -2.32. The van der Waals surface area contributed by atoms with Crippen LogP contribution in [0.1, 0.15) is 43.2 Å². The summed E-state index contributed by atoms with van der Waals surface area (Å²) >= 11 is 0. The number of rotatable bonds is 4. The summed E-state index contributed by atoms with van der Waals surface area (Å²) in [5.41, 5.74) is 3.05. The maximum atomic E-state index is 5.52. The number of morpholine rings is 1. The number of likely N-dealkylation sites (tertiary alicyclic amines) is 1. The van der Waals surface area contributed by atoms with E-state index in [0.29, 0.717) is 12.0 Å². The lowest BCUT2D eigenvalue weighted by Crippen LogP contribution is -2.46. The molecule has 0 radical (unpaired) electrons. The molecule has 2 aliphatic heterocycles. The molecule has 1 aromatic rings. The van der Waals surface area contributed by atoms with Crippen molar-refractivity contribution in [1.82, 2.24) is 15.1 Å². The lowest BCUT2D eigenvalue weighted by atomic mass is 9.83. The number of fused-ring (bicyclic) bond motifs is 1. The topological polar surface area (TPSA) is 40.1 Å². The lowest BCUT2D eigenvalue weighted by molar-refractivity contribution is 0.0195. The van der Waals surface area contributed by atoms with E-state index in [-0.39, 0.29) is 0 Å². The molecule has 2 saturated heterocycles. The summed E-state index contributed by atoms with van der Waals surface area (Å²) in [6, 6.07) is 9.60. The van der Waals surface area contributed by atoms with Crippen LogP contribution in [-0.4, -0.2) is 74.3 Å². The normalized spacial score (nSPS) is 26.9. The monoisotopic (exact) mass is 370 g/mol. The molecule has 5 heteroatoms. The van der Waals surface area contributed by atoms with E-state index >= 15 is 0 Å². The van der Waals surface area contributed by atoms with Gasteiger partial charge in [0.25, 0.3) is 0 Å². The summed E-state index contributed by atoms with van der Waals surface area (Å²) in [7, 11) is 0. The van der Waals surface area contributed by atoms with Gasteiger partial charge < -0.3 is 15.0 Å². The van der Waals surface area contributed by atoms with Crippen molar-refractivity contribution in [2.24, 2.45) is 4.99 Å². The zero-order valence-electron chi connectivity index (χ0n) is 16.7. The molecule has 27 heavy (non-hydrogen) atoms. The summed E-state index contributed by atoms with van der Waals surface area (Å²) < 4.78 is 5.52. The Labute approximate surface area is 163 Å². The van der Waals surface area contributed by atoms with Gasteiger partial charge in [0.1, 0.15) is 0 Å². The van der Waals surface area contributed by atoms with Crippen molar-refractivity contribution in [2.75, 3.05) is 52.5 Å². The SMILES string of the molecule is CCNC(=NCC1CCCc2ccccc21)N1CCC(N2CCOCC2)C1.